The maximum atomic E-state index is 10.2. The Labute approximate surface area is 127 Å². The van der Waals surface area contributed by atoms with Crippen LogP contribution in [0.15, 0.2) is 0 Å². The van der Waals surface area contributed by atoms with Crippen molar-refractivity contribution in [2.24, 2.45) is 5.92 Å². The van der Waals surface area contributed by atoms with E-state index < -0.39 is 55.3 Å². The maximum Gasteiger partial charge on any atom is 0.222 e. The van der Waals surface area contributed by atoms with Gasteiger partial charge in [-0.15, -0.1) is 0 Å². The van der Waals surface area contributed by atoms with E-state index in [4.69, 9.17) is 18.9 Å². The monoisotopic (exact) mass is 322 g/mol. The molecule has 8 atom stereocenters. The molecule has 5 N–H and O–H groups in total. The van der Waals surface area contributed by atoms with Crippen molar-refractivity contribution in [1.29, 1.82) is 0 Å². The van der Waals surface area contributed by atoms with Gasteiger partial charge in [0.2, 0.25) is 11.6 Å². The van der Waals surface area contributed by atoms with Crippen LogP contribution in [-0.2, 0) is 18.9 Å². The fraction of sp³-hybridized carbons (Fsp3) is 1.00. The summed E-state index contributed by atoms with van der Waals surface area (Å²) in [6.45, 7) is 0.224. The van der Waals surface area contributed by atoms with Crippen LogP contribution in [0.25, 0.3) is 0 Å². The number of fused-ring (bicyclic) bond motifs is 1. The first-order chi connectivity index (χ1) is 10.4. The lowest BCUT2D eigenvalue weighted by atomic mass is 9.94. The van der Waals surface area contributed by atoms with E-state index in [-0.39, 0.29) is 19.1 Å². The highest BCUT2D eigenvalue weighted by Gasteiger charge is 2.66. The second-order valence-electron chi connectivity index (χ2n) is 6.08. The van der Waals surface area contributed by atoms with Gasteiger partial charge >= 0.3 is 0 Å². The summed E-state index contributed by atoms with van der Waals surface area (Å²) in [7, 11) is 0. The van der Waals surface area contributed by atoms with Gasteiger partial charge in [0.1, 0.15) is 31.0 Å². The number of rotatable bonds is 3. The summed E-state index contributed by atoms with van der Waals surface area (Å²) in [5.74, 6) is -3.42. The van der Waals surface area contributed by atoms with Gasteiger partial charge in [-0.2, -0.15) is 0 Å². The quantitative estimate of drug-likeness (QED) is 0.366. The van der Waals surface area contributed by atoms with E-state index >= 15 is 0 Å². The predicted molar refractivity (Wildman–Crippen MR) is 68.5 cm³/mol. The summed E-state index contributed by atoms with van der Waals surface area (Å²) >= 11 is 0. The average Bonchev–Trinajstić information content (AvgIpc) is 2.95. The molecular weight excluding hydrogens is 300 g/mol. The van der Waals surface area contributed by atoms with Gasteiger partial charge in [0, 0.05) is 5.92 Å². The highest BCUT2D eigenvalue weighted by Crippen LogP contribution is 2.47. The number of hydrogen-bond donors (Lipinski definition) is 5. The number of hydrogen-bond acceptors (Lipinski definition) is 9. The van der Waals surface area contributed by atoms with Gasteiger partial charge < -0.3 is 44.5 Å². The third-order valence-corrected chi connectivity index (χ3v) is 4.78. The molecule has 3 aliphatic heterocycles. The number of aliphatic hydroxyl groups is 5. The summed E-state index contributed by atoms with van der Waals surface area (Å²) in [5, 5.41) is 48.3. The minimum Gasteiger partial charge on any atom is -0.394 e. The molecule has 3 saturated heterocycles. The number of aliphatic hydroxyl groups excluding tert-OH is 5. The van der Waals surface area contributed by atoms with Gasteiger partial charge in [0.15, 0.2) is 0 Å². The molecular formula is C13H22O9. The van der Waals surface area contributed by atoms with Crippen LogP contribution >= 0.6 is 0 Å². The third-order valence-electron chi connectivity index (χ3n) is 4.78. The highest BCUT2D eigenvalue weighted by atomic mass is 16.8. The SMILES string of the molecule is C[C@H]1[C@H]2O[C@@]3(CO[C@]2(CO)O[C@@H]1CO)O[C@H](CO)[C@@H](O)[C@@H]3O. The van der Waals surface area contributed by atoms with Crippen molar-refractivity contribution in [3.63, 3.8) is 0 Å². The van der Waals surface area contributed by atoms with Crippen LogP contribution in [0.1, 0.15) is 6.92 Å². The molecule has 0 aromatic carbocycles. The second kappa shape index (κ2) is 5.62. The van der Waals surface area contributed by atoms with E-state index in [2.05, 4.69) is 0 Å². The molecule has 3 rings (SSSR count). The topological polar surface area (TPSA) is 138 Å². The first-order valence-electron chi connectivity index (χ1n) is 7.29. The first-order valence-corrected chi connectivity index (χ1v) is 7.29. The largest absolute Gasteiger partial charge is 0.394 e. The Morgan fingerprint density at radius 2 is 1.68 bits per heavy atom. The first kappa shape index (κ1) is 16.5. The predicted octanol–water partition coefficient (Wildman–Crippen LogP) is -3.07. The molecule has 128 valence electrons. The van der Waals surface area contributed by atoms with Gasteiger partial charge in [-0.05, 0) is 0 Å². The van der Waals surface area contributed by atoms with Crippen molar-refractivity contribution in [2.45, 2.75) is 49.0 Å². The van der Waals surface area contributed by atoms with Crippen molar-refractivity contribution in [2.75, 3.05) is 26.4 Å². The van der Waals surface area contributed by atoms with Gasteiger partial charge in [0.25, 0.3) is 0 Å². The Balaban J connectivity index is 1.86. The van der Waals surface area contributed by atoms with E-state index in [9.17, 15) is 25.5 Å². The zero-order valence-corrected chi connectivity index (χ0v) is 12.2. The molecule has 0 saturated carbocycles. The van der Waals surface area contributed by atoms with E-state index in [0.29, 0.717) is 0 Å². The van der Waals surface area contributed by atoms with Crippen LogP contribution in [0.5, 0.6) is 0 Å². The van der Waals surface area contributed by atoms with E-state index in [1.54, 1.807) is 6.92 Å². The van der Waals surface area contributed by atoms with Gasteiger partial charge in [0.05, 0.1) is 25.9 Å². The molecule has 0 radical (unpaired) electrons. The van der Waals surface area contributed by atoms with Crippen molar-refractivity contribution < 1.29 is 44.5 Å². The van der Waals surface area contributed by atoms with Crippen LogP contribution in [0.3, 0.4) is 0 Å². The van der Waals surface area contributed by atoms with Crippen LogP contribution in [0.2, 0.25) is 0 Å². The minimum atomic E-state index is -1.64. The fourth-order valence-electron chi connectivity index (χ4n) is 3.41. The van der Waals surface area contributed by atoms with Crippen LogP contribution in [0.4, 0.5) is 0 Å². The van der Waals surface area contributed by atoms with Gasteiger partial charge in [-0.3, -0.25) is 0 Å². The normalized spacial score (nSPS) is 54.8. The Kier molecular flexibility index (Phi) is 4.21. The van der Waals surface area contributed by atoms with Crippen molar-refractivity contribution >= 4 is 0 Å². The Morgan fingerprint density at radius 3 is 2.23 bits per heavy atom. The highest BCUT2D eigenvalue weighted by molar-refractivity contribution is 5.05. The molecule has 0 aliphatic carbocycles. The third kappa shape index (κ3) is 2.13. The van der Waals surface area contributed by atoms with Gasteiger partial charge in [-0.1, -0.05) is 6.92 Å². The lowest BCUT2D eigenvalue weighted by Gasteiger charge is -2.46. The van der Waals surface area contributed by atoms with Gasteiger partial charge in [-0.25, -0.2) is 0 Å². The minimum absolute atomic E-state index is 0.273. The lowest BCUT2D eigenvalue weighted by Crippen LogP contribution is -2.64. The molecule has 22 heavy (non-hydrogen) atoms. The van der Waals surface area contributed by atoms with Crippen LogP contribution < -0.4 is 0 Å². The summed E-state index contributed by atoms with van der Waals surface area (Å²) < 4.78 is 22.5. The molecule has 3 fully saturated rings. The van der Waals surface area contributed by atoms with E-state index in [0.717, 1.165) is 0 Å². The zero-order valence-electron chi connectivity index (χ0n) is 12.2. The molecule has 1 spiro atoms. The average molecular weight is 322 g/mol. The van der Waals surface area contributed by atoms with E-state index in [1.807, 2.05) is 0 Å². The molecule has 3 aliphatic rings. The molecule has 0 unspecified atom stereocenters. The van der Waals surface area contributed by atoms with Crippen molar-refractivity contribution in [3.05, 3.63) is 0 Å². The molecule has 9 heteroatoms. The van der Waals surface area contributed by atoms with Crippen molar-refractivity contribution in [1.82, 2.24) is 0 Å². The lowest BCUT2D eigenvalue weighted by molar-refractivity contribution is -0.410. The van der Waals surface area contributed by atoms with Crippen LogP contribution in [-0.4, -0.2) is 94.1 Å². The Bertz CT molecular complexity index is 420. The molecule has 0 amide bonds. The smallest absolute Gasteiger partial charge is 0.222 e. The number of ether oxygens (including phenoxy) is 4. The molecule has 0 aromatic heterocycles. The molecule has 0 aromatic rings. The summed E-state index contributed by atoms with van der Waals surface area (Å²) in [6.07, 6.45) is -5.12. The van der Waals surface area contributed by atoms with Crippen molar-refractivity contribution in [3.8, 4) is 0 Å². The molecule has 3 heterocycles. The zero-order chi connectivity index (χ0) is 16.1. The second-order valence-corrected chi connectivity index (χ2v) is 6.08. The summed E-state index contributed by atoms with van der Waals surface area (Å²) in [4.78, 5) is 0. The molecule has 9 nitrogen and oxygen atoms in total. The fourth-order valence-corrected chi connectivity index (χ4v) is 3.41. The Morgan fingerprint density at radius 1 is 1.00 bits per heavy atom. The maximum absolute atomic E-state index is 10.2. The Hall–Kier alpha value is -0.360. The summed E-state index contributed by atoms with van der Waals surface area (Å²) in [6, 6.07) is 0. The van der Waals surface area contributed by atoms with E-state index in [1.165, 1.54) is 0 Å². The summed E-state index contributed by atoms with van der Waals surface area (Å²) in [5.41, 5.74) is 0. The molecule has 0 bridgehead atoms. The standard InChI is InChI=1S/C13H22O9/c1-6-7(2-14)20-12(4-16)11(6)22-13(5-19-12)10(18)9(17)8(3-15)21-13/h6-11,14-18H,2-5H2,1H3/t6-,7-,8-,9-,10+,11-,12-,13-/m1/s1. The van der Waals surface area contributed by atoms with Crippen LogP contribution in [0, 0.1) is 5.92 Å².